The van der Waals surface area contributed by atoms with Gasteiger partial charge in [-0.15, -0.1) is 0 Å². The van der Waals surface area contributed by atoms with E-state index in [0.717, 1.165) is 6.08 Å². The summed E-state index contributed by atoms with van der Waals surface area (Å²) < 4.78 is 4.14. The minimum atomic E-state index is -2.38. The molecular formula is C13H12O8. The van der Waals surface area contributed by atoms with Crippen LogP contribution in [0.15, 0.2) is 30.3 Å². The number of phenols is 1. The van der Waals surface area contributed by atoms with Gasteiger partial charge in [-0.05, 0) is 23.8 Å². The van der Waals surface area contributed by atoms with Gasteiger partial charge in [0.05, 0.1) is 0 Å². The fourth-order valence-electron chi connectivity index (χ4n) is 1.21. The standard InChI is InChI=1S/C13H12O8/c14-8-4-1-7(2-5-8)3-6-9(15)21-13(20)11(17)10(16)12(18)19/h1-6,10-11,14,16-17H,(H,18,19)/b6-3+/t10-,11-/m1/s1. The second-order valence-electron chi connectivity index (χ2n) is 3.89. The monoisotopic (exact) mass is 296 g/mol. The van der Waals surface area contributed by atoms with E-state index in [9.17, 15) is 14.4 Å². The average molecular weight is 296 g/mol. The highest BCUT2D eigenvalue weighted by atomic mass is 16.6. The number of carboxylic acids is 1. The highest BCUT2D eigenvalue weighted by molar-refractivity contribution is 5.97. The summed E-state index contributed by atoms with van der Waals surface area (Å²) in [6.45, 7) is 0. The first-order valence-electron chi connectivity index (χ1n) is 5.63. The molecule has 0 unspecified atom stereocenters. The van der Waals surface area contributed by atoms with Crippen LogP contribution in [0.4, 0.5) is 0 Å². The van der Waals surface area contributed by atoms with E-state index in [4.69, 9.17) is 20.4 Å². The van der Waals surface area contributed by atoms with Crippen LogP contribution in [0, 0.1) is 0 Å². The van der Waals surface area contributed by atoms with Crippen LogP contribution in [-0.2, 0) is 19.1 Å². The summed E-state index contributed by atoms with van der Waals surface area (Å²) in [7, 11) is 0. The first kappa shape index (κ1) is 16.3. The maximum absolute atomic E-state index is 11.3. The molecule has 0 radical (unpaired) electrons. The number of carboxylic acid groups (broad SMARTS) is 1. The number of aliphatic hydroxyl groups is 2. The van der Waals surface area contributed by atoms with Crippen LogP contribution in [0.3, 0.4) is 0 Å². The van der Waals surface area contributed by atoms with E-state index >= 15 is 0 Å². The second kappa shape index (κ2) is 7.17. The first-order chi connectivity index (χ1) is 9.81. The van der Waals surface area contributed by atoms with Gasteiger partial charge in [0.15, 0.2) is 12.2 Å². The molecule has 4 N–H and O–H groups in total. The average Bonchev–Trinajstić information content (AvgIpc) is 2.44. The molecule has 1 aromatic rings. The summed E-state index contributed by atoms with van der Waals surface area (Å²) in [6.07, 6.45) is -2.61. The van der Waals surface area contributed by atoms with Gasteiger partial charge in [-0.2, -0.15) is 0 Å². The van der Waals surface area contributed by atoms with Crippen molar-refractivity contribution in [3.05, 3.63) is 35.9 Å². The fraction of sp³-hybridized carbons (Fsp3) is 0.154. The van der Waals surface area contributed by atoms with Crippen molar-refractivity contribution < 1.29 is 39.5 Å². The molecule has 0 fully saturated rings. The van der Waals surface area contributed by atoms with Gasteiger partial charge in [0.25, 0.3) is 0 Å². The van der Waals surface area contributed by atoms with Gasteiger partial charge >= 0.3 is 17.9 Å². The number of phenolic OH excluding ortho intramolecular Hbond substituents is 1. The van der Waals surface area contributed by atoms with Crippen molar-refractivity contribution in [2.24, 2.45) is 0 Å². The molecule has 2 atom stereocenters. The summed E-state index contributed by atoms with van der Waals surface area (Å²) in [6, 6.07) is 5.74. The zero-order chi connectivity index (χ0) is 16.0. The van der Waals surface area contributed by atoms with Crippen LogP contribution in [0.5, 0.6) is 5.75 Å². The Balaban J connectivity index is 2.59. The first-order valence-corrected chi connectivity index (χ1v) is 5.63. The Morgan fingerprint density at radius 2 is 1.62 bits per heavy atom. The molecule has 8 nitrogen and oxygen atoms in total. The number of benzene rings is 1. The number of ether oxygens (including phenoxy) is 1. The third-order valence-corrected chi connectivity index (χ3v) is 2.30. The van der Waals surface area contributed by atoms with Gasteiger partial charge in [0.2, 0.25) is 0 Å². The summed E-state index contributed by atoms with van der Waals surface area (Å²) in [5.74, 6) is -4.52. The summed E-state index contributed by atoms with van der Waals surface area (Å²) in [5.41, 5.74) is 0.531. The molecular weight excluding hydrogens is 284 g/mol. The van der Waals surface area contributed by atoms with E-state index in [1.807, 2.05) is 0 Å². The number of rotatable bonds is 5. The molecule has 21 heavy (non-hydrogen) atoms. The molecule has 0 aliphatic carbocycles. The van der Waals surface area contributed by atoms with Gasteiger partial charge in [-0.1, -0.05) is 12.1 Å². The highest BCUT2D eigenvalue weighted by Crippen LogP contribution is 2.10. The highest BCUT2D eigenvalue weighted by Gasteiger charge is 2.32. The fourth-order valence-corrected chi connectivity index (χ4v) is 1.21. The molecule has 8 heteroatoms. The minimum Gasteiger partial charge on any atom is -0.508 e. The predicted octanol–water partition coefficient (Wildman–Crippen LogP) is -0.718. The molecule has 0 aliphatic heterocycles. The molecule has 0 amide bonds. The van der Waals surface area contributed by atoms with Crippen molar-refractivity contribution in [3.63, 3.8) is 0 Å². The summed E-state index contributed by atoms with van der Waals surface area (Å²) in [5, 5.41) is 35.4. The number of carbonyl (C=O) groups is 3. The van der Waals surface area contributed by atoms with E-state index in [1.165, 1.54) is 30.3 Å². The van der Waals surface area contributed by atoms with Crippen molar-refractivity contribution in [3.8, 4) is 5.75 Å². The largest absolute Gasteiger partial charge is 0.508 e. The molecule has 1 aromatic carbocycles. The molecule has 0 aromatic heterocycles. The Kier molecular flexibility index (Phi) is 5.58. The second-order valence-corrected chi connectivity index (χ2v) is 3.89. The molecule has 112 valence electrons. The Hall–Kier alpha value is -2.71. The van der Waals surface area contributed by atoms with Gasteiger partial charge < -0.3 is 25.2 Å². The molecule has 1 rings (SSSR count). The third kappa shape index (κ3) is 5.05. The Bertz CT molecular complexity index is 560. The smallest absolute Gasteiger partial charge is 0.346 e. The zero-order valence-corrected chi connectivity index (χ0v) is 10.5. The van der Waals surface area contributed by atoms with Gasteiger partial charge in [0.1, 0.15) is 5.75 Å². The molecule has 0 bridgehead atoms. The molecule has 0 saturated heterocycles. The predicted molar refractivity (Wildman–Crippen MR) is 67.9 cm³/mol. The third-order valence-electron chi connectivity index (χ3n) is 2.30. The number of hydrogen-bond acceptors (Lipinski definition) is 7. The van der Waals surface area contributed by atoms with Crippen molar-refractivity contribution in [2.75, 3.05) is 0 Å². The van der Waals surface area contributed by atoms with Crippen LogP contribution in [0.1, 0.15) is 5.56 Å². The minimum absolute atomic E-state index is 0.0377. The number of hydrogen-bond donors (Lipinski definition) is 4. The van der Waals surface area contributed by atoms with E-state index in [0.29, 0.717) is 5.56 Å². The normalized spacial score (nSPS) is 13.6. The van der Waals surface area contributed by atoms with Crippen LogP contribution < -0.4 is 0 Å². The molecule has 0 heterocycles. The van der Waals surface area contributed by atoms with E-state index in [1.54, 1.807) is 0 Å². The lowest BCUT2D eigenvalue weighted by Gasteiger charge is -2.11. The summed E-state index contributed by atoms with van der Waals surface area (Å²) in [4.78, 5) is 32.8. The topological polar surface area (TPSA) is 141 Å². The Morgan fingerprint density at radius 1 is 1.05 bits per heavy atom. The Labute approximate surface area is 118 Å². The number of carbonyl (C=O) groups excluding carboxylic acids is 2. The van der Waals surface area contributed by atoms with Crippen LogP contribution in [0.2, 0.25) is 0 Å². The van der Waals surface area contributed by atoms with Crippen LogP contribution >= 0.6 is 0 Å². The molecule has 0 aliphatic rings. The maximum atomic E-state index is 11.3. The quantitative estimate of drug-likeness (QED) is 0.317. The zero-order valence-electron chi connectivity index (χ0n) is 10.5. The molecule has 0 saturated carbocycles. The van der Waals surface area contributed by atoms with E-state index in [-0.39, 0.29) is 5.75 Å². The number of aliphatic hydroxyl groups excluding tert-OH is 2. The van der Waals surface area contributed by atoms with Crippen molar-refractivity contribution in [1.82, 2.24) is 0 Å². The number of esters is 2. The van der Waals surface area contributed by atoms with Gasteiger partial charge in [-0.3, -0.25) is 0 Å². The number of aliphatic carboxylic acids is 1. The SMILES string of the molecule is O=C(/C=C/c1ccc(O)cc1)OC(=O)[C@H](O)[C@@H](O)C(=O)O. The number of aromatic hydroxyl groups is 1. The molecule has 0 spiro atoms. The van der Waals surface area contributed by atoms with Crippen molar-refractivity contribution >= 4 is 24.0 Å². The van der Waals surface area contributed by atoms with Crippen LogP contribution in [-0.4, -0.2) is 50.5 Å². The summed E-state index contributed by atoms with van der Waals surface area (Å²) >= 11 is 0. The van der Waals surface area contributed by atoms with Crippen LogP contribution in [0.25, 0.3) is 6.08 Å². The maximum Gasteiger partial charge on any atom is 0.346 e. The van der Waals surface area contributed by atoms with Gasteiger partial charge in [-0.25, -0.2) is 14.4 Å². The van der Waals surface area contributed by atoms with Gasteiger partial charge in [0, 0.05) is 6.08 Å². The van der Waals surface area contributed by atoms with E-state index in [2.05, 4.69) is 4.74 Å². The lowest BCUT2D eigenvalue weighted by atomic mass is 10.2. The lowest BCUT2D eigenvalue weighted by molar-refractivity contribution is -0.173. The van der Waals surface area contributed by atoms with Crippen molar-refractivity contribution in [2.45, 2.75) is 12.2 Å². The lowest BCUT2D eigenvalue weighted by Crippen LogP contribution is -2.41. The van der Waals surface area contributed by atoms with Crippen molar-refractivity contribution in [1.29, 1.82) is 0 Å². The van der Waals surface area contributed by atoms with E-state index < -0.39 is 30.1 Å². The Morgan fingerprint density at radius 3 is 2.14 bits per heavy atom.